The zero-order valence-electron chi connectivity index (χ0n) is 10.6. The van der Waals surface area contributed by atoms with E-state index in [9.17, 15) is 4.79 Å². The van der Waals surface area contributed by atoms with Gasteiger partial charge in [0, 0.05) is 19.3 Å². The zero-order chi connectivity index (χ0) is 12.5. The molecule has 18 heavy (non-hydrogen) atoms. The predicted octanol–water partition coefficient (Wildman–Crippen LogP) is 1.79. The fourth-order valence-electron chi connectivity index (χ4n) is 2.90. The monoisotopic (exact) mass is 246 g/mol. The highest BCUT2D eigenvalue weighted by Crippen LogP contribution is 2.31. The molecule has 1 amide bonds. The average Bonchev–Trinajstić information content (AvgIpc) is 2.82. The van der Waals surface area contributed by atoms with Crippen LogP contribution in [-0.4, -0.2) is 30.1 Å². The van der Waals surface area contributed by atoms with Gasteiger partial charge in [0.05, 0.1) is 23.9 Å². The van der Waals surface area contributed by atoms with Gasteiger partial charge < -0.3 is 9.64 Å². The molecule has 0 unspecified atom stereocenters. The number of hydrogen-bond donors (Lipinski definition) is 0. The lowest BCUT2D eigenvalue weighted by Crippen LogP contribution is -2.42. The first-order valence-corrected chi connectivity index (χ1v) is 6.63. The number of rotatable bonds is 1. The Kier molecular flexibility index (Phi) is 3.04. The van der Waals surface area contributed by atoms with Gasteiger partial charge in [-0.2, -0.15) is 0 Å². The third-order valence-corrected chi connectivity index (χ3v) is 3.97. The summed E-state index contributed by atoms with van der Waals surface area (Å²) in [6.45, 7) is 3.56. The van der Waals surface area contributed by atoms with E-state index >= 15 is 0 Å². The van der Waals surface area contributed by atoms with Crippen LogP contribution in [0.25, 0.3) is 0 Å². The van der Waals surface area contributed by atoms with Crippen molar-refractivity contribution in [1.29, 1.82) is 0 Å². The summed E-state index contributed by atoms with van der Waals surface area (Å²) in [5.41, 5.74) is 2.21. The summed E-state index contributed by atoms with van der Waals surface area (Å²) in [6, 6.07) is 2.00. The summed E-state index contributed by atoms with van der Waals surface area (Å²) in [5.74, 6) is 0.207. The molecule has 1 saturated heterocycles. The number of nitrogens with zero attached hydrogens (tertiary/aromatic N) is 2. The highest BCUT2D eigenvalue weighted by Gasteiger charge is 2.35. The molecular weight excluding hydrogens is 228 g/mol. The highest BCUT2D eigenvalue weighted by atomic mass is 16.5. The maximum Gasteiger partial charge on any atom is 0.232 e. The Morgan fingerprint density at radius 2 is 2.44 bits per heavy atom. The first-order chi connectivity index (χ1) is 8.77. The van der Waals surface area contributed by atoms with E-state index in [0.717, 1.165) is 38.1 Å². The second-order valence-electron chi connectivity index (χ2n) is 5.07. The van der Waals surface area contributed by atoms with Gasteiger partial charge in [0.15, 0.2) is 0 Å². The molecule has 0 N–H and O–H groups in total. The predicted molar refractivity (Wildman–Crippen MR) is 68.4 cm³/mol. The molecule has 1 aromatic rings. The molecule has 2 aliphatic heterocycles. The third-order valence-electron chi connectivity index (χ3n) is 3.97. The van der Waals surface area contributed by atoms with Crippen LogP contribution >= 0.6 is 0 Å². The van der Waals surface area contributed by atoms with Crippen LogP contribution < -0.4 is 4.90 Å². The van der Waals surface area contributed by atoms with Crippen LogP contribution in [0, 0.1) is 5.92 Å². The molecule has 3 heterocycles. The molecule has 2 atom stereocenters. The van der Waals surface area contributed by atoms with E-state index in [4.69, 9.17) is 4.74 Å². The molecular formula is C14H18N2O2. The fraction of sp³-hybridized carbons (Fsp3) is 0.571. The lowest BCUT2D eigenvalue weighted by molar-refractivity contribution is -0.130. The molecule has 0 saturated carbocycles. The molecule has 1 fully saturated rings. The van der Waals surface area contributed by atoms with Crippen LogP contribution in [0.15, 0.2) is 18.5 Å². The van der Waals surface area contributed by atoms with Gasteiger partial charge in [-0.05, 0) is 37.8 Å². The van der Waals surface area contributed by atoms with Gasteiger partial charge in [-0.25, -0.2) is 0 Å². The molecule has 0 aliphatic carbocycles. The van der Waals surface area contributed by atoms with Crippen LogP contribution in [0.2, 0.25) is 0 Å². The van der Waals surface area contributed by atoms with Crippen molar-refractivity contribution in [2.24, 2.45) is 5.92 Å². The van der Waals surface area contributed by atoms with E-state index < -0.39 is 0 Å². The van der Waals surface area contributed by atoms with Crippen LogP contribution in [0.5, 0.6) is 0 Å². The highest BCUT2D eigenvalue weighted by molar-refractivity contribution is 5.97. The normalized spacial score (nSPS) is 27.1. The van der Waals surface area contributed by atoms with Gasteiger partial charge in [0.1, 0.15) is 0 Å². The number of hydrogen-bond acceptors (Lipinski definition) is 3. The lowest BCUT2D eigenvalue weighted by atomic mass is 9.94. The van der Waals surface area contributed by atoms with Crippen molar-refractivity contribution in [1.82, 2.24) is 4.98 Å². The topological polar surface area (TPSA) is 42.4 Å². The minimum Gasteiger partial charge on any atom is -0.378 e. The number of amides is 1. The van der Waals surface area contributed by atoms with Crippen molar-refractivity contribution in [3.8, 4) is 0 Å². The number of fused-ring (bicyclic) bond motifs is 1. The van der Waals surface area contributed by atoms with Crippen LogP contribution in [-0.2, 0) is 16.0 Å². The maximum absolute atomic E-state index is 12.6. The van der Waals surface area contributed by atoms with Gasteiger partial charge >= 0.3 is 0 Å². The van der Waals surface area contributed by atoms with Crippen molar-refractivity contribution in [2.45, 2.75) is 32.3 Å². The maximum atomic E-state index is 12.6. The summed E-state index contributed by atoms with van der Waals surface area (Å²) >= 11 is 0. The first-order valence-electron chi connectivity index (χ1n) is 6.63. The van der Waals surface area contributed by atoms with Crippen LogP contribution in [0.3, 0.4) is 0 Å². The van der Waals surface area contributed by atoms with Gasteiger partial charge in [-0.15, -0.1) is 0 Å². The summed E-state index contributed by atoms with van der Waals surface area (Å²) in [7, 11) is 0. The summed E-state index contributed by atoms with van der Waals surface area (Å²) < 4.78 is 5.60. The molecule has 0 bridgehead atoms. The smallest absolute Gasteiger partial charge is 0.232 e. The molecule has 1 aromatic heterocycles. The summed E-state index contributed by atoms with van der Waals surface area (Å²) in [6.07, 6.45) is 6.48. The standard InChI is InChI=1S/C14H18N2O2/c1-10-12(3-2-8-18-10)14(17)16-7-5-11-4-6-15-9-13(11)16/h4,6,9-10,12H,2-3,5,7-8H2,1H3/t10-,12+/m1/s1. The number of carbonyl (C=O) groups excluding carboxylic acids is 1. The minimum atomic E-state index is 0.00454. The van der Waals surface area contributed by atoms with Crippen molar-refractivity contribution >= 4 is 11.6 Å². The Labute approximate surface area is 107 Å². The molecule has 0 aromatic carbocycles. The van der Waals surface area contributed by atoms with E-state index in [1.54, 1.807) is 12.4 Å². The molecule has 2 aliphatic rings. The van der Waals surface area contributed by atoms with Crippen molar-refractivity contribution in [3.63, 3.8) is 0 Å². The Morgan fingerprint density at radius 3 is 3.28 bits per heavy atom. The fourth-order valence-corrected chi connectivity index (χ4v) is 2.90. The summed E-state index contributed by atoms with van der Waals surface area (Å²) in [5, 5.41) is 0. The van der Waals surface area contributed by atoms with E-state index in [1.165, 1.54) is 5.56 Å². The minimum absolute atomic E-state index is 0.00454. The van der Waals surface area contributed by atoms with Crippen LogP contribution in [0.1, 0.15) is 25.3 Å². The van der Waals surface area contributed by atoms with E-state index in [1.807, 2.05) is 17.9 Å². The van der Waals surface area contributed by atoms with E-state index in [-0.39, 0.29) is 17.9 Å². The number of pyridine rings is 1. The van der Waals surface area contributed by atoms with Gasteiger partial charge in [-0.1, -0.05) is 0 Å². The van der Waals surface area contributed by atoms with E-state index in [2.05, 4.69) is 4.98 Å². The lowest BCUT2D eigenvalue weighted by Gasteiger charge is -2.31. The zero-order valence-corrected chi connectivity index (χ0v) is 10.6. The van der Waals surface area contributed by atoms with Gasteiger partial charge in [-0.3, -0.25) is 9.78 Å². The second-order valence-corrected chi connectivity index (χ2v) is 5.07. The second kappa shape index (κ2) is 4.69. The van der Waals surface area contributed by atoms with Crippen LogP contribution in [0.4, 0.5) is 5.69 Å². The number of anilines is 1. The van der Waals surface area contributed by atoms with Crippen molar-refractivity contribution in [2.75, 3.05) is 18.1 Å². The molecule has 0 radical (unpaired) electrons. The SMILES string of the molecule is C[C@H]1OCCC[C@@H]1C(=O)N1CCc2ccncc21. The quantitative estimate of drug-likeness (QED) is 0.758. The Balaban J connectivity index is 1.82. The van der Waals surface area contributed by atoms with Crippen molar-refractivity contribution in [3.05, 3.63) is 24.0 Å². The third kappa shape index (κ3) is 1.90. The van der Waals surface area contributed by atoms with E-state index in [0.29, 0.717) is 0 Å². The summed E-state index contributed by atoms with van der Waals surface area (Å²) in [4.78, 5) is 18.6. The van der Waals surface area contributed by atoms with Gasteiger partial charge in [0.25, 0.3) is 0 Å². The number of carbonyl (C=O) groups is 1. The largest absolute Gasteiger partial charge is 0.378 e. The first kappa shape index (κ1) is 11.7. The molecule has 4 heteroatoms. The average molecular weight is 246 g/mol. The number of aromatic nitrogens is 1. The molecule has 0 spiro atoms. The van der Waals surface area contributed by atoms with Gasteiger partial charge in [0.2, 0.25) is 5.91 Å². The molecule has 3 rings (SSSR count). The van der Waals surface area contributed by atoms with Crippen molar-refractivity contribution < 1.29 is 9.53 Å². The molecule has 96 valence electrons. The molecule has 4 nitrogen and oxygen atoms in total. The Hall–Kier alpha value is -1.42. The Morgan fingerprint density at radius 1 is 1.56 bits per heavy atom. The Bertz CT molecular complexity index is 461. The number of ether oxygens (including phenoxy) is 1.